The van der Waals surface area contributed by atoms with Gasteiger partial charge in [0.15, 0.2) is 11.9 Å². The summed E-state index contributed by atoms with van der Waals surface area (Å²) >= 11 is 0. The van der Waals surface area contributed by atoms with Gasteiger partial charge in [-0.15, -0.1) is 0 Å². The van der Waals surface area contributed by atoms with Gasteiger partial charge in [-0.2, -0.15) is 0 Å². The predicted molar refractivity (Wildman–Crippen MR) is 127 cm³/mol. The smallest absolute Gasteiger partial charge is 0.308 e. The average molecular weight is 504 g/mol. The van der Waals surface area contributed by atoms with Gasteiger partial charge >= 0.3 is 5.97 Å². The van der Waals surface area contributed by atoms with Crippen LogP contribution in [0.5, 0.6) is 5.75 Å². The lowest BCUT2D eigenvalue weighted by Gasteiger charge is -2.59. The van der Waals surface area contributed by atoms with E-state index in [4.69, 9.17) is 28.7 Å². The van der Waals surface area contributed by atoms with Crippen LogP contribution in [0, 0.1) is 23.7 Å². The highest BCUT2D eigenvalue weighted by molar-refractivity contribution is 5.81. The molecule has 1 amide bonds. The maximum absolute atomic E-state index is 12.7. The number of fused-ring (bicyclic) bond motifs is 2. The summed E-state index contributed by atoms with van der Waals surface area (Å²) < 4.78 is 23.5. The summed E-state index contributed by atoms with van der Waals surface area (Å²) in [6.07, 6.45) is 2.24. The van der Waals surface area contributed by atoms with Crippen LogP contribution in [0.3, 0.4) is 0 Å². The van der Waals surface area contributed by atoms with E-state index in [0.717, 1.165) is 37.0 Å². The highest BCUT2D eigenvalue weighted by Crippen LogP contribution is 2.60. The molecule has 5 aliphatic rings. The highest BCUT2D eigenvalue weighted by Gasteiger charge is 2.69. The summed E-state index contributed by atoms with van der Waals surface area (Å²) in [5.74, 6) is -0.122. The molecule has 36 heavy (non-hydrogen) atoms. The standard InChI is InChI=1S/C27H37NO8/c1-16-5-10-21-17(2)24(33-25-27(21)20(16)13-14-26(3,34-25)35-36-27)32-23(30)12-11-22(29)28-15-18-6-8-19(31-4)9-7-18/h6-9,16-17,20-21,24-25H,5,10-15H2,1-4H3,(H,28,29)/t16-,17-,20+,21+,24-,25-,26+,27-/m1/s1. The van der Waals surface area contributed by atoms with Crippen LogP contribution in [-0.4, -0.2) is 43.0 Å². The Morgan fingerprint density at radius 1 is 1.06 bits per heavy atom. The fourth-order valence-corrected chi connectivity index (χ4v) is 6.44. The molecule has 6 rings (SSSR count). The fourth-order valence-electron chi connectivity index (χ4n) is 6.44. The molecule has 0 radical (unpaired) electrons. The molecule has 1 aliphatic carbocycles. The maximum atomic E-state index is 12.7. The van der Waals surface area contributed by atoms with Gasteiger partial charge in [-0.05, 0) is 55.7 Å². The first-order valence-electron chi connectivity index (χ1n) is 13.0. The Labute approximate surface area is 212 Å². The molecule has 4 heterocycles. The van der Waals surface area contributed by atoms with Crippen molar-refractivity contribution in [3.8, 4) is 5.75 Å². The van der Waals surface area contributed by atoms with Crippen LogP contribution in [0.25, 0.3) is 0 Å². The van der Waals surface area contributed by atoms with E-state index in [1.807, 2.05) is 38.1 Å². The maximum Gasteiger partial charge on any atom is 0.308 e. The van der Waals surface area contributed by atoms with E-state index in [-0.39, 0.29) is 36.5 Å². The predicted octanol–water partition coefficient (Wildman–Crippen LogP) is 3.84. The van der Waals surface area contributed by atoms with E-state index >= 15 is 0 Å². The summed E-state index contributed by atoms with van der Waals surface area (Å²) in [6.45, 7) is 6.53. The quantitative estimate of drug-likeness (QED) is 0.442. The van der Waals surface area contributed by atoms with Gasteiger partial charge in [0.1, 0.15) is 5.75 Å². The van der Waals surface area contributed by atoms with Gasteiger partial charge in [-0.3, -0.25) is 9.59 Å². The van der Waals surface area contributed by atoms with Gasteiger partial charge < -0.3 is 24.3 Å². The Balaban J connectivity index is 1.17. The molecule has 0 aromatic heterocycles. The van der Waals surface area contributed by atoms with Crippen LogP contribution in [0.1, 0.15) is 64.9 Å². The molecule has 1 saturated carbocycles. The Morgan fingerprint density at radius 2 is 1.83 bits per heavy atom. The highest BCUT2D eigenvalue weighted by atomic mass is 17.3. The van der Waals surface area contributed by atoms with Crippen molar-refractivity contribution in [2.45, 2.75) is 89.8 Å². The monoisotopic (exact) mass is 503 g/mol. The van der Waals surface area contributed by atoms with Crippen LogP contribution in [0.4, 0.5) is 0 Å². The van der Waals surface area contributed by atoms with Gasteiger partial charge in [0.05, 0.1) is 13.5 Å². The number of nitrogens with one attached hydrogen (secondary N) is 1. The summed E-state index contributed by atoms with van der Waals surface area (Å²) in [5.41, 5.74) is 0.250. The second kappa shape index (κ2) is 9.93. The van der Waals surface area contributed by atoms with Crippen LogP contribution in [-0.2, 0) is 40.1 Å². The number of amides is 1. The largest absolute Gasteiger partial charge is 0.497 e. The van der Waals surface area contributed by atoms with E-state index in [9.17, 15) is 9.59 Å². The number of esters is 1. The summed E-state index contributed by atoms with van der Waals surface area (Å²) in [5, 5.41) is 2.83. The van der Waals surface area contributed by atoms with Gasteiger partial charge in [-0.25, -0.2) is 9.78 Å². The lowest BCUT2D eigenvalue weighted by atomic mass is 9.58. The summed E-state index contributed by atoms with van der Waals surface area (Å²) in [7, 11) is 1.61. The minimum absolute atomic E-state index is 0.0284. The van der Waals surface area contributed by atoms with Crippen molar-refractivity contribution < 1.29 is 38.3 Å². The number of carbonyl (C=O) groups is 2. The molecule has 1 aromatic carbocycles. The van der Waals surface area contributed by atoms with Crippen molar-refractivity contribution in [2.75, 3.05) is 7.11 Å². The number of hydrogen-bond acceptors (Lipinski definition) is 8. The molecule has 9 nitrogen and oxygen atoms in total. The van der Waals surface area contributed by atoms with E-state index < -0.39 is 29.9 Å². The number of ether oxygens (including phenoxy) is 4. The minimum Gasteiger partial charge on any atom is -0.497 e. The first kappa shape index (κ1) is 25.4. The average Bonchev–Trinajstić information content (AvgIpc) is 3.10. The van der Waals surface area contributed by atoms with Gasteiger partial charge in [0.25, 0.3) is 0 Å². The number of benzene rings is 1. The second-order valence-corrected chi connectivity index (χ2v) is 10.9. The molecule has 5 fully saturated rings. The van der Waals surface area contributed by atoms with Crippen LogP contribution in [0.2, 0.25) is 0 Å². The van der Waals surface area contributed by atoms with E-state index in [1.54, 1.807) is 7.11 Å². The molecule has 9 heteroatoms. The van der Waals surface area contributed by atoms with Crippen LogP contribution >= 0.6 is 0 Å². The number of methoxy groups -OCH3 is 1. The Bertz CT molecular complexity index is 969. The molecular formula is C27H37NO8. The Kier molecular flexibility index (Phi) is 7.02. The van der Waals surface area contributed by atoms with E-state index in [0.29, 0.717) is 12.5 Å². The van der Waals surface area contributed by atoms with Crippen LogP contribution < -0.4 is 10.1 Å². The van der Waals surface area contributed by atoms with E-state index in [1.165, 1.54) is 0 Å². The molecule has 8 atom stereocenters. The number of rotatable bonds is 7. The summed E-state index contributed by atoms with van der Waals surface area (Å²) in [6, 6.07) is 7.45. The molecular weight excluding hydrogens is 466 g/mol. The normalized spacial score (nSPS) is 39.0. The van der Waals surface area contributed by atoms with Gasteiger partial charge in [0, 0.05) is 31.2 Å². The van der Waals surface area contributed by atoms with Crippen molar-refractivity contribution in [3.63, 3.8) is 0 Å². The molecule has 2 bridgehead atoms. The third-order valence-electron chi connectivity index (χ3n) is 8.55. The third kappa shape index (κ3) is 4.62. The molecule has 4 saturated heterocycles. The third-order valence-corrected chi connectivity index (χ3v) is 8.55. The molecule has 1 N–H and O–H groups in total. The van der Waals surface area contributed by atoms with Gasteiger partial charge in [0.2, 0.25) is 18.0 Å². The van der Waals surface area contributed by atoms with Crippen molar-refractivity contribution in [1.82, 2.24) is 5.32 Å². The van der Waals surface area contributed by atoms with Crippen molar-refractivity contribution in [2.24, 2.45) is 23.7 Å². The molecule has 1 aromatic rings. The lowest BCUT2D eigenvalue weighted by Crippen LogP contribution is -2.70. The zero-order chi connectivity index (χ0) is 25.5. The van der Waals surface area contributed by atoms with Gasteiger partial charge in [-0.1, -0.05) is 26.0 Å². The first-order valence-corrected chi connectivity index (χ1v) is 13.0. The van der Waals surface area contributed by atoms with E-state index in [2.05, 4.69) is 12.2 Å². The second-order valence-electron chi connectivity index (χ2n) is 10.9. The number of carbonyl (C=O) groups excluding carboxylic acids is 2. The topological polar surface area (TPSA) is 102 Å². The molecule has 4 aliphatic heterocycles. The van der Waals surface area contributed by atoms with Crippen molar-refractivity contribution >= 4 is 11.9 Å². The van der Waals surface area contributed by atoms with Crippen molar-refractivity contribution in [3.05, 3.63) is 29.8 Å². The Morgan fingerprint density at radius 3 is 2.58 bits per heavy atom. The molecule has 0 unspecified atom stereocenters. The van der Waals surface area contributed by atoms with Crippen molar-refractivity contribution in [1.29, 1.82) is 0 Å². The molecule has 198 valence electrons. The summed E-state index contributed by atoms with van der Waals surface area (Å²) in [4.78, 5) is 36.9. The zero-order valence-corrected chi connectivity index (χ0v) is 21.5. The SMILES string of the molecule is COc1ccc(CNC(=O)CCC(=O)O[C@@H]2O[C@@H]3O[C@]4(C)CC[C@H]5[C@H](C)CC[C@@H]([C@H]2C)[C@@]35OO4)cc1. The van der Waals surface area contributed by atoms with Crippen LogP contribution in [0.15, 0.2) is 24.3 Å². The minimum atomic E-state index is -0.880. The molecule has 1 spiro atoms. The first-order chi connectivity index (χ1) is 17.2. The number of hydrogen-bond donors (Lipinski definition) is 1. The lowest BCUT2D eigenvalue weighted by molar-refractivity contribution is -0.576. The Hall–Kier alpha value is -2.20. The fraction of sp³-hybridized carbons (Fsp3) is 0.704. The zero-order valence-electron chi connectivity index (χ0n) is 21.5.